The molecule has 0 aliphatic carbocycles. The Bertz CT molecular complexity index is 985. The summed E-state index contributed by atoms with van der Waals surface area (Å²) in [6.45, 7) is 1.92. The van der Waals surface area contributed by atoms with E-state index in [0.29, 0.717) is 16.4 Å². The molecule has 0 atom stereocenters. The largest absolute Gasteiger partial charge is 0.325 e. The minimum absolute atomic E-state index is 0.0763. The molecule has 1 aromatic heterocycles. The number of nitrogens with zero attached hydrogens (tertiary/aromatic N) is 2. The van der Waals surface area contributed by atoms with Gasteiger partial charge in [-0.3, -0.25) is 14.7 Å². The van der Waals surface area contributed by atoms with E-state index in [1.54, 1.807) is 30.3 Å². The number of benzene rings is 2. The Morgan fingerprint density at radius 3 is 2.68 bits per heavy atom. The Labute approximate surface area is 149 Å². The average molecular weight is 355 g/mol. The van der Waals surface area contributed by atoms with Crippen LogP contribution in [-0.2, 0) is 0 Å². The van der Waals surface area contributed by atoms with Gasteiger partial charge in [0.25, 0.3) is 5.56 Å². The molecule has 6 nitrogen and oxygen atoms in total. The summed E-state index contributed by atoms with van der Waals surface area (Å²) in [7, 11) is 0. The molecule has 2 N–H and O–H groups in total. The second kappa shape index (κ2) is 7.19. The Hall–Kier alpha value is -3.12. The minimum atomic E-state index is -0.543. The molecule has 25 heavy (non-hydrogen) atoms. The van der Waals surface area contributed by atoms with E-state index in [1.807, 2.05) is 25.1 Å². The van der Waals surface area contributed by atoms with E-state index in [-0.39, 0.29) is 5.82 Å². The minimum Gasteiger partial charge on any atom is -0.308 e. The Kier molecular flexibility index (Phi) is 4.81. The normalized spacial score (nSPS) is 10.3. The summed E-state index contributed by atoms with van der Waals surface area (Å²) in [5, 5.41) is 5.65. The maximum absolute atomic E-state index is 12.5. The van der Waals surface area contributed by atoms with Crippen molar-refractivity contribution in [3.8, 4) is 5.69 Å². The lowest BCUT2D eigenvalue weighted by Gasteiger charge is -2.10. The third kappa shape index (κ3) is 4.05. The molecular formula is C18H15ClN4O2. The first-order chi connectivity index (χ1) is 12.0. The zero-order valence-electron chi connectivity index (χ0n) is 13.4. The van der Waals surface area contributed by atoms with Crippen molar-refractivity contribution in [3.63, 3.8) is 0 Å². The molecule has 126 valence electrons. The summed E-state index contributed by atoms with van der Waals surface area (Å²) in [6.07, 6.45) is 2.95. The predicted molar refractivity (Wildman–Crippen MR) is 98.7 cm³/mol. The van der Waals surface area contributed by atoms with Crippen molar-refractivity contribution < 1.29 is 4.79 Å². The van der Waals surface area contributed by atoms with Crippen LogP contribution in [0.3, 0.4) is 0 Å². The van der Waals surface area contributed by atoms with E-state index < -0.39 is 11.6 Å². The van der Waals surface area contributed by atoms with Crippen LogP contribution in [0.4, 0.5) is 16.3 Å². The van der Waals surface area contributed by atoms with Gasteiger partial charge in [-0.05, 0) is 42.8 Å². The molecule has 3 rings (SSSR count). The predicted octanol–water partition coefficient (Wildman–Crippen LogP) is 3.84. The molecule has 1 heterocycles. The van der Waals surface area contributed by atoms with Crippen LogP contribution in [0.25, 0.3) is 5.69 Å². The summed E-state index contributed by atoms with van der Waals surface area (Å²) in [5.74, 6) is -0.0763. The number of aromatic nitrogens is 2. The number of nitrogens with one attached hydrogen (secondary N) is 2. The molecule has 2 aromatic carbocycles. The van der Waals surface area contributed by atoms with Crippen LogP contribution in [0.5, 0.6) is 0 Å². The number of carbonyl (C=O) groups excluding carboxylic acids is 1. The summed E-state index contributed by atoms with van der Waals surface area (Å²) >= 11 is 5.96. The van der Waals surface area contributed by atoms with Gasteiger partial charge in [-0.25, -0.2) is 9.78 Å². The number of rotatable bonds is 3. The molecule has 0 unspecified atom stereocenters. The van der Waals surface area contributed by atoms with Crippen LogP contribution in [-0.4, -0.2) is 15.6 Å². The van der Waals surface area contributed by atoms with Crippen LogP contribution < -0.4 is 16.2 Å². The van der Waals surface area contributed by atoms with Crippen molar-refractivity contribution in [2.45, 2.75) is 6.92 Å². The highest BCUT2D eigenvalue weighted by Gasteiger charge is 2.10. The van der Waals surface area contributed by atoms with Gasteiger partial charge in [-0.1, -0.05) is 29.8 Å². The van der Waals surface area contributed by atoms with Gasteiger partial charge in [0, 0.05) is 23.1 Å². The van der Waals surface area contributed by atoms with E-state index in [2.05, 4.69) is 15.6 Å². The number of hydrogen-bond acceptors (Lipinski definition) is 3. The van der Waals surface area contributed by atoms with Crippen molar-refractivity contribution in [1.82, 2.24) is 9.55 Å². The first-order valence-electron chi connectivity index (χ1n) is 7.51. The lowest BCUT2D eigenvalue weighted by Crippen LogP contribution is -2.28. The summed E-state index contributed by atoms with van der Waals surface area (Å²) in [4.78, 5) is 28.6. The molecule has 0 saturated carbocycles. The summed E-state index contributed by atoms with van der Waals surface area (Å²) in [6, 6.07) is 13.6. The molecule has 0 bridgehead atoms. The number of urea groups is 1. The smallest absolute Gasteiger partial charge is 0.308 e. The highest BCUT2D eigenvalue weighted by molar-refractivity contribution is 6.30. The van der Waals surface area contributed by atoms with Crippen LogP contribution in [0, 0.1) is 6.92 Å². The number of hydrogen-bond donors (Lipinski definition) is 2. The van der Waals surface area contributed by atoms with Gasteiger partial charge in [-0.15, -0.1) is 0 Å². The number of carbonyl (C=O) groups is 1. The number of aryl methyl sites for hydroxylation is 1. The molecule has 0 radical (unpaired) electrons. The van der Waals surface area contributed by atoms with Crippen LogP contribution >= 0.6 is 11.6 Å². The zero-order chi connectivity index (χ0) is 17.8. The monoisotopic (exact) mass is 354 g/mol. The zero-order valence-corrected chi connectivity index (χ0v) is 14.1. The highest BCUT2D eigenvalue weighted by Crippen LogP contribution is 2.14. The number of halogens is 1. The van der Waals surface area contributed by atoms with Crippen molar-refractivity contribution in [3.05, 3.63) is 81.9 Å². The van der Waals surface area contributed by atoms with Gasteiger partial charge in [0.15, 0.2) is 0 Å². The topological polar surface area (TPSA) is 76.0 Å². The fourth-order valence-corrected chi connectivity index (χ4v) is 2.50. The van der Waals surface area contributed by atoms with Crippen molar-refractivity contribution in [1.29, 1.82) is 0 Å². The Morgan fingerprint density at radius 2 is 1.92 bits per heavy atom. The van der Waals surface area contributed by atoms with Crippen molar-refractivity contribution in [2.75, 3.05) is 10.6 Å². The molecular weight excluding hydrogens is 340 g/mol. The number of anilines is 2. The average Bonchev–Trinajstić information content (AvgIpc) is 2.57. The van der Waals surface area contributed by atoms with Gasteiger partial charge >= 0.3 is 6.03 Å². The standard InChI is InChI=1S/C18H15ClN4O2/c1-12-4-2-6-14(10-12)21-18(25)22-16-17(24)23(9-8-20-16)15-7-3-5-13(19)11-15/h2-11H,1H3,(H2,20,21,22,25). The molecule has 0 aliphatic rings. The Balaban J connectivity index is 1.83. The van der Waals surface area contributed by atoms with Gasteiger partial charge in [0.1, 0.15) is 0 Å². The molecule has 0 fully saturated rings. The van der Waals surface area contributed by atoms with E-state index in [9.17, 15) is 9.59 Å². The lowest BCUT2D eigenvalue weighted by atomic mass is 10.2. The van der Waals surface area contributed by atoms with Gasteiger partial charge in [0.05, 0.1) is 5.69 Å². The molecule has 0 saturated heterocycles. The van der Waals surface area contributed by atoms with Gasteiger partial charge < -0.3 is 5.32 Å². The van der Waals surface area contributed by atoms with Crippen molar-refractivity contribution >= 4 is 29.1 Å². The highest BCUT2D eigenvalue weighted by atomic mass is 35.5. The molecule has 2 amide bonds. The second-order valence-electron chi connectivity index (χ2n) is 5.38. The maximum Gasteiger partial charge on any atom is 0.325 e. The van der Waals surface area contributed by atoms with Gasteiger partial charge in [0.2, 0.25) is 5.82 Å². The van der Waals surface area contributed by atoms with E-state index in [0.717, 1.165) is 5.56 Å². The van der Waals surface area contributed by atoms with Crippen LogP contribution in [0.15, 0.2) is 65.7 Å². The Morgan fingerprint density at radius 1 is 1.12 bits per heavy atom. The van der Waals surface area contributed by atoms with Crippen molar-refractivity contribution in [2.24, 2.45) is 0 Å². The van der Waals surface area contributed by atoms with Crippen LogP contribution in [0.1, 0.15) is 5.56 Å². The molecule has 3 aromatic rings. The quantitative estimate of drug-likeness (QED) is 0.750. The maximum atomic E-state index is 12.5. The summed E-state index contributed by atoms with van der Waals surface area (Å²) < 4.78 is 1.36. The third-order valence-electron chi connectivity index (χ3n) is 3.43. The fourth-order valence-electron chi connectivity index (χ4n) is 2.32. The van der Waals surface area contributed by atoms with Gasteiger partial charge in [-0.2, -0.15) is 0 Å². The van der Waals surface area contributed by atoms with E-state index >= 15 is 0 Å². The molecule has 0 aliphatic heterocycles. The molecule has 7 heteroatoms. The lowest BCUT2D eigenvalue weighted by molar-refractivity contribution is 0.262. The van der Waals surface area contributed by atoms with E-state index in [4.69, 9.17) is 11.6 Å². The fraction of sp³-hybridized carbons (Fsp3) is 0.0556. The van der Waals surface area contributed by atoms with E-state index in [1.165, 1.54) is 17.0 Å². The molecule has 0 spiro atoms. The number of amides is 2. The summed E-state index contributed by atoms with van der Waals surface area (Å²) in [5.41, 5.74) is 1.77. The SMILES string of the molecule is Cc1cccc(NC(=O)Nc2nccn(-c3cccc(Cl)c3)c2=O)c1. The van der Waals surface area contributed by atoms with Crippen LogP contribution in [0.2, 0.25) is 5.02 Å². The first-order valence-corrected chi connectivity index (χ1v) is 7.89. The second-order valence-corrected chi connectivity index (χ2v) is 5.82. The first kappa shape index (κ1) is 16.7. The third-order valence-corrected chi connectivity index (χ3v) is 3.67.